The maximum atomic E-state index is 16.1. The SMILES string of the molecule is Cc1cc(-n2nc3c(c2-n2ccn(-c4ccc5c(cnn5C)c4F)c2=O)[C@H](C)N(C(=O)c2cc4cc(C5CCOC(C)(C)C5)ccc4n2-c2cccc(-c4noc(=O)[nH]4)c2)CC3)cc(C)c1F. The Labute approximate surface area is 381 Å². The van der Waals surface area contributed by atoms with Gasteiger partial charge in [0.05, 0.1) is 51.3 Å². The van der Waals surface area contributed by atoms with Gasteiger partial charge in [-0.2, -0.15) is 10.2 Å². The minimum Gasteiger partial charge on any atom is -0.376 e. The number of benzene rings is 4. The molecule has 1 saturated heterocycles. The van der Waals surface area contributed by atoms with E-state index in [0.717, 1.165) is 29.3 Å². The number of H-pyrrole nitrogens is 1. The Bertz CT molecular complexity index is 3580. The van der Waals surface area contributed by atoms with Gasteiger partial charge in [0.1, 0.15) is 17.3 Å². The molecule has 4 aromatic carbocycles. The fourth-order valence-corrected chi connectivity index (χ4v) is 10.2. The average molecular weight is 905 g/mol. The molecule has 1 N–H and O–H groups in total. The number of aromatic nitrogens is 9. The molecule has 2 aliphatic rings. The Balaban J connectivity index is 1.05. The third-order valence-electron chi connectivity index (χ3n) is 13.5. The fourth-order valence-electron chi connectivity index (χ4n) is 10.2. The van der Waals surface area contributed by atoms with Crippen molar-refractivity contribution < 1.29 is 22.8 Å². The van der Waals surface area contributed by atoms with Crippen molar-refractivity contribution in [3.05, 3.63) is 158 Å². The topological polar surface area (TPSA) is 156 Å². The smallest absolute Gasteiger partial charge is 0.376 e. The lowest BCUT2D eigenvalue weighted by atomic mass is 9.83. The molecule has 5 aromatic heterocycles. The van der Waals surface area contributed by atoms with E-state index in [9.17, 15) is 9.59 Å². The number of amides is 1. The average Bonchev–Trinajstić information content (AvgIpc) is 4.15. The van der Waals surface area contributed by atoms with Crippen LogP contribution in [0, 0.1) is 25.5 Å². The minimum absolute atomic E-state index is 0.0398. The van der Waals surface area contributed by atoms with E-state index in [-0.39, 0.29) is 40.1 Å². The summed E-state index contributed by atoms with van der Waals surface area (Å²) in [6.45, 7) is 10.4. The summed E-state index contributed by atoms with van der Waals surface area (Å²) in [6, 6.07) is 21.6. The van der Waals surface area contributed by atoms with Gasteiger partial charge in [-0.1, -0.05) is 23.4 Å². The lowest BCUT2D eigenvalue weighted by Gasteiger charge is -2.35. The summed E-state index contributed by atoms with van der Waals surface area (Å²) in [7, 11) is 1.72. The van der Waals surface area contributed by atoms with Crippen LogP contribution in [0.15, 0.2) is 105 Å². The van der Waals surface area contributed by atoms with E-state index in [0.29, 0.717) is 75.9 Å². The normalized spacial score (nSPS) is 17.2. The largest absolute Gasteiger partial charge is 0.439 e. The number of aryl methyl sites for hydroxylation is 3. The molecule has 1 amide bonds. The lowest BCUT2D eigenvalue weighted by Crippen LogP contribution is -2.40. The predicted molar refractivity (Wildman–Crippen MR) is 247 cm³/mol. The molecule has 2 aliphatic heterocycles. The number of aromatic amines is 1. The molecule has 0 bridgehead atoms. The maximum Gasteiger partial charge on any atom is 0.439 e. The number of nitrogens with zero attached hydrogens (tertiary/aromatic N) is 9. The van der Waals surface area contributed by atoms with Crippen molar-refractivity contribution in [2.45, 2.75) is 71.4 Å². The first kappa shape index (κ1) is 42.0. The van der Waals surface area contributed by atoms with Gasteiger partial charge in [0.25, 0.3) is 5.91 Å². The Morgan fingerprint density at radius 3 is 2.45 bits per heavy atom. The number of rotatable bonds is 7. The zero-order chi connectivity index (χ0) is 46.6. The Morgan fingerprint density at radius 1 is 0.910 bits per heavy atom. The molecule has 0 radical (unpaired) electrons. The maximum absolute atomic E-state index is 16.1. The van der Waals surface area contributed by atoms with Crippen LogP contribution in [0.5, 0.6) is 0 Å². The number of hydrogen-bond donors (Lipinski definition) is 1. The van der Waals surface area contributed by atoms with Gasteiger partial charge in [-0.05, 0) is 125 Å². The highest BCUT2D eigenvalue weighted by atomic mass is 19.1. The molecule has 11 rings (SSSR count). The molecular formula is C50H46F2N10O5. The summed E-state index contributed by atoms with van der Waals surface area (Å²) in [5, 5.41) is 14.3. The third-order valence-corrected chi connectivity index (χ3v) is 13.5. The monoisotopic (exact) mass is 904 g/mol. The molecule has 2 atom stereocenters. The zero-order valence-electron chi connectivity index (χ0n) is 37.7. The van der Waals surface area contributed by atoms with Gasteiger partial charge in [0, 0.05) is 61.2 Å². The number of fused-ring (bicyclic) bond motifs is 3. The van der Waals surface area contributed by atoms with Crippen molar-refractivity contribution in [3.63, 3.8) is 0 Å². The van der Waals surface area contributed by atoms with E-state index in [1.165, 1.54) is 21.5 Å². The fraction of sp³-hybridized carbons (Fsp3) is 0.280. The number of ether oxygens (including phenoxy) is 1. The minimum atomic E-state index is -0.686. The van der Waals surface area contributed by atoms with Gasteiger partial charge >= 0.3 is 11.4 Å². The van der Waals surface area contributed by atoms with Gasteiger partial charge in [-0.15, -0.1) is 0 Å². The lowest BCUT2D eigenvalue weighted by molar-refractivity contribution is -0.0592. The second-order valence-electron chi connectivity index (χ2n) is 18.3. The van der Waals surface area contributed by atoms with Crippen molar-refractivity contribution >= 4 is 27.7 Å². The second kappa shape index (κ2) is 15.5. The van der Waals surface area contributed by atoms with Crippen molar-refractivity contribution in [1.82, 2.24) is 48.3 Å². The summed E-state index contributed by atoms with van der Waals surface area (Å²) >= 11 is 0. The summed E-state index contributed by atoms with van der Waals surface area (Å²) in [6.07, 6.45) is 6.55. The number of halogens is 2. The molecule has 9 aromatic rings. The van der Waals surface area contributed by atoms with E-state index in [1.54, 1.807) is 71.7 Å². The molecule has 17 heteroatoms. The number of nitrogens with one attached hydrogen (secondary N) is 1. The van der Waals surface area contributed by atoms with Crippen LogP contribution < -0.4 is 11.4 Å². The van der Waals surface area contributed by atoms with E-state index in [2.05, 4.69) is 41.2 Å². The summed E-state index contributed by atoms with van der Waals surface area (Å²) < 4.78 is 49.9. The van der Waals surface area contributed by atoms with Crippen molar-refractivity contribution in [2.75, 3.05) is 13.2 Å². The standard InChI is InChI=1S/C50H46F2N10O5/c1-27-20-35(21-28(2)43(27)51)62-46(60-18-17-59(49(60)65)40-13-12-39-36(44(40)52)26-53-57(39)6)42-29(3)58(16-14-37(42)55-62)47(63)41-24-33-22-30(32-15-19-66-50(4,5)25-32)10-11-38(33)61(41)34-9-7-8-31(23-34)45-54-48(64)67-56-45/h7-13,17-18,20-24,26,29,32H,14-16,19,25H2,1-6H3,(H,54,56,64)/t29-,32?/m0/s1. The highest BCUT2D eigenvalue weighted by Gasteiger charge is 2.37. The van der Waals surface area contributed by atoms with Crippen LogP contribution in [0.25, 0.3) is 56.1 Å². The van der Waals surface area contributed by atoms with E-state index < -0.39 is 23.3 Å². The summed E-state index contributed by atoms with van der Waals surface area (Å²) in [5.41, 5.74) is 5.95. The van der Waals surface area contributed by atoms with Crippen molar-refractivity contribution in [1.29, 1.82) is 0 Å². The van der Waals surface area contributed by atoms with Crippen LogP contribution in [0.4, 0.5) is 8.78 Å². The number of imidazole rings is 1. The first-order valence-electron chi connectivity index (χ1n) is 22.2. The first-order valence-corrected chi connectivity index (χ1v) is 22.2. The predicted octanol–water partition coefficient (Wildman–Crippen LogP) is 8.31. The molecule has 340 valence electrons. The van der Waals surface area contributed by atoms with E-state index in [4.69, 9.17) is 14.4 Å². The van der Waals surface area contributed by atoms with Crippen molar-refractivity contribution in [2.24, 2.45) is 7.05 Å². The van der Waals surface area contributed by atoms with Gasteiger partial charge < -0.3 is 14.2 Å². The van der Waals surface area contributed by atoms with Crippen molar-refractivity contribution in [3.8, 4) is 34.3 Å². The Hall–Kier alpha value is -7.66. The molecule has 7 heterocycles. The highest BCUT2D eigenvalue weighted by Crippen LogP contribution is 2.40. The van der Waals surface area contributed by atoms with Gasteiger partial charge in [0.2, 0.25) is 0 Å². The molecule has 0 spiro atoms. The summed E-state index contributed by atoms with van der Waals surface area (Å²) in [5.74, 6) is -1.05. The van der Waals surface area contributed by atoms with Crippen LogP contribution in [0.2, 0.25) is 0 Å². The number of carbonyl (C=O) groups is 1. The number of carbonyl (C=O) groups excluding carboxylic acids is 1. The van der Waals surface area contributed by atoms with Crippen LogP contribution in [0.3, 0.4) is 0 Å². The Morgan fingerprint density at radius 2 is 1.69 bits per heavy atom. The second-order valence-corrected chi connectivity index (χ2v) is 18.3. The molecule has 0 saturated carbocycles. The Kier molecular flexibility index (Phi) is 9.70. The van der Waals surface area contributed by atoms with Crippen LogP contribution in [0.1, 0.15) is 84.0 Å². The third kappa shape index (κ3) is 6.86. The van der Waals surface area contributed by atoms with Gasteiger partial charge in [0.15, 0.2) is 11.6 Å². The number of hydrogen-bond acceptors (Lipinski definition) is 8. The van der Waals surface area contributed by atoms with Crippen LogP contribution in [-0.2, 0) is 18.2 Å². The van der Waals surface area contributed by atoms with Crippen LogP contribution >= 0.6 is 0 Å². The molecular weight excluding hydrogens is 859 g/mol. The quantitative estimate of drug-likeness (QED) is 0.168. The molecule has 67 heavy (non-hydrogen) atoms. The first-order chi connectivity index (χ1) is 32.2. The summed E-state index contributed by atoms with van der Waals surface area (Å²) in [4.78, 5) is 46.5. The molecule has 1 unspecified atom stereocenters. The van der Waals surface area contributed by atoms with E-state index in [1.807, 2.05) is 41.8 Å². The van der Waals surface area contributed by atoms with Gasteiger partial charge in [-0.3, -0.25) is 28.1 Å². The van der Waals surface area contributed by atoms with Crippen LogP contribution in [-0.4, -0.2) is 73.0 Å². The zero-order valence-corrected chi connectivity index (χ0v) is 37.7. The highest BCUT2D eigenvalue weighted by molar-refractivity contribution is 6.00. The van der Waals surface area contributed by atoms with E-state index >= 15 is 13.6 Å². The molecule has 15 nitrogen and oxygen atoms in total. The molecule has 1 fully saturated rings. The molecule has 0 aliphatic carbocycles. The van der Waals surface area contributed by atoms with Gasteiger partial charge in [-0.25, -0.2) is 23.1 Å².